The third-order valence-electron chi connectivity index (χ3n) is 3.47. The van der Waals surface area contributed by atoms with Crippen molar-refractivity contribution in [3.05, 3.63) is 24.3 Å². The summed E-state index contributed by atoms with van der Waals surface area (Å²) in [4.78, 5) is 0. The van der Waals surface area contributed by atoms with E-state index >= 15 is 0 Å². The van der Waals surface area contributed by atoms with Gasteiger partial charge < -0.3 is 15.4 Å². The van der Waals surface area contributed by atoms with Crippen LogP contribution in [0.4, 0.5) is 5.69 Å². The predicted molar refractivity (Wildman–Crippen MR) is 88.1 cm³/mol. The Morgan fingerprint density at radius 3 is 2.75 bits per heavy atom. The van der Waals surface area contributed by atoms with E-state index in [1.165, 1.54) is 18.5 Å². The van der Waals surface area contributed by atoms with Gasteiger partial charge in [0.25, 0.3) is 0 Å². The van der Waals surface area contributed by atoms with Crippen LogP contribution in [0.15, 0.2) is 24.3 Å². The number of nitrogens with one attached hydrogen (secondary N) is 2. The van der Waals surface area contributed by atoms with Crippen molar-refractivity contribution in [2.75, 3.05) is 31.6 Å². The molecule has 4 heteroatoms. The van der Waals surface area contributed by atoms with E-state index in [2.05, 4.69) is 42.7 Å². The number of anilines is 1. The van der Waals surface area contributed by atoms with Crippen LogP contribution in [0.5, 0.6) is 5.75 Å². The van der Waals surface area contributed by atoms with Gasteiger partial charge >= 0.3 is 0 Å². The maximum Gasteiger partial charge on any atom is 0.121 e. The van der Waals surface area contributed by atoms with Gasteiger partial charge in [-0.25, -0.2) is 0 Å². The van der Waals surface area contributed by atoms with Gasteiger partial charge in [0.15, 0.2) is 0 Å². The van der Waals surface area contributed by atoms with Crippen LogP contribution in [-0.2, 0) is 0 Å². The third kappa shape index (κ3) is 6.02. The van der Waals surface area contributed by atoms with Crippen LogP contribution in [0.1, 0.15) is 26.7 Å². The molecule has 0 spiro atoms. The van der Waals surface area contributed by atoms with Gasteiger partial charge in [-0.3, -0.25) is 0 Å². The molecule has 1 aliphatic rings. The molecule has 1 aromatic rings. The minimum absolute atomic E-state index is 0. The zero-order chi connectivity index (χ0) is 13.5. The number of halogens is 1. The fraction of sp³-hybridized carbons (Fsp3) is 0.625. The molecule has 0 saturated carbocycles. The largest absolute Gasteiger partial charge is 0.493 e. The van der Waals surface area contributed by atoms with Crippen LogP contribution < -0.4 is 15.4 Å². The van der Waals surface area contributed by atoms with Gasteiger partial charge in [0.1, 0.15) is 5.75 Å². The molecular formula is C16H27ClN2O. The Kier molecular flexibility index (Phi) is 7.78. The van der Waals surface area contributed by atoms with E-state index in [9.17, 15) is 0 Å². The molecule has 20 heavy (non-hydrogen) atoms. The van der Waals surface area contributed by atoms with Gasteiger partial charge in [-0.05, 0) is 49.9 Å². The minimum Gasteiger partial charge on any atom is -0.493 e. The van der Waals surface area contributed by atoms with Crippen molar-refractivity contribution < 1.29 is 4.74 Å². The van der Waals surface area contributed by atoms with Gasteiger partial charge in [-0.15, -0.1) is 12.4 Å². The molecule has 1 aromatic carbocycles. The Hall–Kier alpha value is -0.930. The molecular weight excluding hydrogens is 272 g/mol. The fourth-order valence-corrected chi connectivity index (χ4v) is 2.31. The average Bonchev–Trinajstić information content (AvgIpc) is 2.44. The average molecular weight is 299 g/mol. The fourth-order valence-electron chi connectivity index (χ4n) is 2.31. The molecule has 1 fully saturated rings. The van der Waals surface area contributed by atoms with E-state index < -0.39 is 0 Å². The van der Waals surface area contributed by atoms with Gasteiger partial charge in [-0.2, -0.15) is 0 Å². The molecule has 0 atom stereocenters. The Labute approximate surface area is 128 Å². The summed E-state index contributed by atoms with van der Waals surface area (Å²) >= 11 is 0. The van der Waals surface area contributed by atoms with Crippen molar-refractivity contribution in [1.29, 1.82) is 0 Å². The Morgan fingerprint density at radius 1 is 1.30 bits per heavy atom. The van der Waals surface area contributed by atoms with Crippen LogP contribution in [0.3, 0.4) is 0 Å². The topological polar surface area (TPSA) is 33.3 Å². The Bertz CT molecular complexity index is 378. The highest BCUT2D eigenvalue weighted by atomic mass is 35.5. The van der Waals surface area contributed by atoms with E-state index in [1.54, 1.807) is 0 Å². The van der Waals surface area contributed by atoms with Crippen LogP contribution >= 0.6 is 12.4 Å². The summed E-state index contributed by atoms with van der Waals surface area (Å²) in [6, 6.07) is 8.30. The molecule has 0 radical (unpaired) electrons. The lowest BCUT2D eigenvalue weighted by atomic mass is 9.98. The van der Waals surface area contributed by atoms with Gasteiger partial charge in [0.2, 0.25) is 0 Å². The second-order valence-electron chi connectivity index (χ2n) is 5.81. The van der Waals surface area contributed by atoms with Gasteiger partial charge in [-0.1, -0.05) is 19.9 Å². The maximum atomic E-state index is 5.75. The minimum atomic E-state index is 0. The molecule has 0 aromatic heterocycles. The Balaban J connectivity index is 0.00000200. The lowest BCUT2D eigenvalue weighted by molar-refractivity contribution is 0.271. The zero-order valence-corrected chi connectivity index (χ0v) is 13.3. The van der Waals surface area contributed by atoms with Crippen molar-refractivity contribution in [3.63, 3.8) is 0 Å². The Morgan fingerprint density at radius 2 is 2.05 bits per heavy atom. The molecule has 114 valence electrons. The van der Waals surface area contributed by atoms with Crippen LogP contribution in [-0.4, -0.2) is 26.2 Å². The van der Waals surface area contributed by atoms with Crippen LogP contribution in [0, 0.1) is 11.8 Å². The summed E-state index contributed by atoms with van der Waals surface area (Å²) in [7, 11) is 0. The van der Waals surface area contributed by atoms with Crippen molar-refractivity contribution >= 4 is 18.1 Å². The zero-order valence-electron chi connectivity index (χ0n) is 12.5. The predicted octanol–water partition coefficient (Wildman–Crippen LogP) is 3.55. The monoisotopic (exact) mass is 298 g/mol. The summed E-state index contributed by atoms with van der Waals surface area (Å²) in [5, 5.41) is 6.94. The van der Waals surface area contributed by atoms with Crippen molar-refractivity contribution in [1.82, 2.24) is 5.32 Å². The first kappa shape index (κ1) is 17.1. The van der Waals surface area contributed by atoms with Gasteiger partial charge in [0, 0.05) is 18.3 Å². The number of piperidine rings is 1. The van der Waals surface area contributed by atoms with E-state index in [0.717, 1.165) is 37.9 Å². The second-order valence-corrected chi connectivity index (χ2v) is 5.81. The van der Waals surface area contributed by atoms with Crippen molar-refractivity contribution in [2.45, 2.75) is 26.7 Å². The summed E-state index contributed by atoms with van der Waals surface area (Å²) in [6.45, 7) is 8.49. The molecule has 2 N–H and O–H groups in total. The third-order valence-corrected chi connectivity index (χ3v) is 3.47. The normalized spacial score (nSPS) is 15.8. The van der Waals surface area contributed by atoms with Crippen molar-refractivity contribution in [3.8, 4) is 5.75 Å². The van der Waals surface area contributed by atoms with Gasteiger partial charge in [0.05, 0.1) is 6.61 Å². The summed E-state index contributed by atoms with van der Waals surface area (Å²) in [6.07, 6.45) is 2.55. The first-order valence-corrected chi connectivity index (χ1v) is 7.41. The van der Waals surface area contributed by atoms with E-state index in [4.69, 9.17) is 4.74 Å². The summed E-state index contributed by atoms with van der Waals surface area (Å²) < 4.78 is 5.75. The van der Waals surface area contributed by atoms with E-state index in [1.807, 2.05) is 6.07 Å². The first-order valence-electron chi connectivity index (χ1n) is 7.41. The number of rotatable bonds is 6. The summed E-state index contributed by atoms with van der Waals surface area (Å²) in [5.74, 6) is 2.32. The van der Waals surface area contributed by atoms with E-state index in [-0.39, 0.29) is 12.4 Å². The highest BCUT2D eigenvalue weighted by Gasteiger charge is 2.12. The van der Waals surface area contributed by atoms with Crippen molar-refractivity contribution in [2.24, 2.45) is 11.8 Å². The molecule has 2 rings (SSSR count). The number of ether oxygens (including phenoxy) is 1. The number of benzene rings is 1. The molecule has 0 aliphatic carbocycles. The number of hydrogen-bond donors (Lipinski definition) is 2. The number of hydrogen-bond acceptors (Lipinski definition) is 3. The standard InChI is InChI=1S/C16H26N2O.ClH/c1-13(2)12-19-16-5-3-4-15(10-16)18-11-14-6-8-17-9-7-14;/h3-5,10,13-14,17-18H,6-9,11-12H2,1-2H3;1H. The maximum absolute atomic E-state index is 5.75. The molecule has 1 heterocycles. The molecule has 3 nitrogen and oxygen atoms in total. The van der Waals surface area contributed by atoms with E-state index in [0.29, 0.717) is 5.92 Å². The molecule has 1 aliphatic heterocycles. The molecule has 1 saturated heterocycles. The SMILES string of the molecule is CC(C)COc1cccc(NCC2CCNCC2)c1.Cl. The quantitative estimate of drug-likeness (QED) is 0.842. The highest BCUT2D eigenvalue weighted by Crippen LogP contribution is 2.19. The van der Waals surface area contributed by atoms with Crippen LogP contribution in [0.2, 0.25) is 0 Å². The van der Waals surface area contributed by atoms with Crippen LogP contribution in [0.25, 0.3) is 0 Å². The molecule has 0 bridgehead atoms. The smallest absolute Gasteiger partial charge is 0.121 e. The summed E-state index contributed by atoms with van der Waals surface area (Å²) in [5.41, 5.74) is 1.17. The second kappa shape index (κ2) is 9.09. The lowest BCUT2D eigenvalue weighted by Gasteiger charge is -2.23. The highest BCUT2D eigenvalue weighted by molar-refractivity contribution is 5.85. The lowest BCUT2D eigenvalue weighted by Crippen LogP contribution is -2.31. The molecule has 0 amide bonds. The molecule has 0 unspecified atom stereocenters. The first-order chi connectivity index (χ1) is 9.24.